The maximum absolute atomic E-state index is 8.67. The third kappa shape index (κ3) is 4.68. The van der Waals surface area contributed by atoms with Gasteiger partial charge in [0.25, 0.3) is 0 Å². The number of hydrogen-bond donors (Lipinski definition) is 2. The molecule has 1 aromatic carbocycles. The standard InChI is InChI=1S/C12H18N2O.C4H9NO/c1-9-5-10(7-13(2)3)12-11(6-9)8-14(4)15-12;6-4-1-2-5-3-4/h5-6H,7-8H2,1-4H3;4-6H,1-3H2. The summed E-state index contributed by atoms with van der Waals surface area (Å²) < 4.78 is 0. The van der Waals surface area contributed by atoms with Crippen LogP contribution < -0.4 is 10.2 Å². The number of nitrogens with zero attached hydrogens (tertiary/aromatic N) is 2. The number of benzene rings is 1. The van der Waals surface area contributed by atoms with Crippen molar-refractivity contribution in [2.24, 2.45) is 0 Å². The molecule has 1 unspecified atom stereocenters. The number of hydroxylamine groups is 2. The predicted molar refractivity (Wildman–Crippen MR) is 84.2 cm³/mol. The molecule has 0 aromatic heterocycles. The smallest absolute Gasteiger partial charge is 0.156 e. The number of fused-ring (bicyclic) bond motifs is 1. The number of β-amino-alcohol motifs (C(OH)–C–C–N with tert-alkyl or cyclic N) is 1. The molecule has 118 valence electrons. The van der Waals surface area contributed by atoms with E-state index in [1.807, 2.05) is 12.1 Å². The van der Waals surface area contributed by atoms with Crippen LogP contribution in [-0.4, -0.2) is 55.4 Å². The Kier molecular flexibility index (Phi) is 5.58. The van der Waals surface area contributed by atoms with Crippen LogP contribution >= 0.6 is 0 Å². The van der Waals surface area contributed by atoms with Gasteiger partial charge in [0, 0.05) is 31.3 Å². The van der Waals surface area contributed by atoms with Gasteiger partial charge in [-0.2, -0.15) is 0 Å². The van der Waals surface area contributed by atoms with Crippen LogP contribution in [0.4, 0.5) is 0 Å². The Morgan fingerprint density at radius 3 is 2.71 bits per heavy atom. The molecule has 21 heavy (non-hydrogen) atoms. The van der Waals surface area contributed by atoms with Crippen LogP contribution in [-0.2, 0) is 13.1 Å². The summed E-state index contributed by atoms with van der Waals surface area (Å²) in [6.07, 6.45) is 0.866. The molecular weight excluding hydrogens is 266 g/mol. The van der Waals surface area contributed by atoms with Gasteiger partial charge in [-0.1, -0.05) is 17.7 Å². The fourth-order valence-corrected chi connectivity index (χ4v) is 2.69. The Morgan fingerprint density at radius 1 is 1.43 bits per heavy atom. The van der Waals surface area contributed by atoms with Gasteiger partial charge in [-0.15, -0.1) is 5.06 Å². The minimum Gasteiger partial charge on any atom is -0.405 e. The lowest BCUT2D eigenvalue weighted by molar-refractivity contribution is -0.0148. The molecule has 2 aliphatic rings. The van der Waals surface area contributed by atoms with Crippen molar-refractivity contribution in [1.29, 1.82) is 0 Å². The van der Waals surface area contributed by atoms with Crippen molar-refractivity contribution in [3.63, 3.8) is 0 Å². The van der Waals surface area contributed by atoms with E-state index in [0.717, 1.165) is 38.3 Å². The quantitative estimate of drug-likeness (QED) is 0.856. The Hall–Kier alpha value is -1.14. The molecular formula is C16H27N3O2. The molecule has 1 aromatic rings. The van der Waals surface area contributed by atoms with Crippen molar-refractivity contribution in [2.45, 2.75) is 32.5 Å². The molecule has 0 bridgehead atoms. The highest BCUT2D eigenvalue weighted by Gasteiger charge is 2.21. The zero-order chi connectivity index (χ0) is 15.4. The van der Waals surface area contributed by atoms with Gasteiger partial charge in [-0.05, 0) is 34.0 Å². The van der Waals surface area contributed by atoms with Crippen LogP contribution in [0, 0.1) is 6.92 Å². The maximum atomic E-state index is 8.67. The number of aryl methyl sites for hydroxylation is 1. The van der Waals surface area contributed by atoms with Crippen molar-refractivity contribution in [3.05, 3.63) is 28.8 Å². The summed E-state index contributed by atoms with van der Waals surface area (Å²) in [4.78, 5) is 7.86. The van der Waals surface area contributed by atoms with Crippen molar-refractivity contribution in [1.82, 2.24) is 15.3 Å². The zero-order valence-corrected chi connectivity index (χ0v) is 13.5. The lowest BCUT2D eigenvalue weighted by Gasteiger charge is -2.14. The van der Waals surface area contributed by atoms with E-state index in [1.165, 1.54) is 16.7 Å². The molecule has 3 rings (SSSR count). The summed E-state index contributed by atoms with van der Waals surface area (Å²) in [6, 6.07) is 4.41. The molecule has 0 aliphatic carbocycles. The third-order valence-corrected chi connectivity index (χ3v) is 3.55. The van der Waals surface area contributed by atoms with E-state index in [1.54, 1.807) is 0 Å². The van der Waals surface area contributed by atoms with Crippen LogP contribution in [0.2, 0.25) is 0 Å². The second kappa shape index (κ2) is 7.22. The molecule has 1 fully saturated rings. The molecule has 0 radical (unpaired) electrons. The zero-order valence-electron chi connectivity index (χ0n) is 13.5. The summed E-state index contributed by atoms with van der Waals surface area (Å²) in [5.41, 5.74) is 3.89. The average molecular weight is 293 g/mol. The van der Waals surface area contributed by atoms with Crippen molar-refractivity contribution < 1.29 is 9.94 Å². The van der Waals surface area contributed by atoms with E-state index in [2.05, 4.69) is 43.4 Å². The van der Waals surface area contributed by atoms with Crippen molar-refractivity contribution in [2.75, 3.05) is 34.2 Å². The topological polar surface area (TPSA) is 48.0 Å². The van der Waals surface area contributed by atoms with E-state index >= 15 is 0 Å². The molecule has 1 atom stereocenters. The van der Waals surface area contributed by atoms with Gasteiger partial charge in [0.15, 0.2) is 5.75 Å². The number of nitrogens with one attached hydrogen (secondary N) is 1. The normalized spacial score (nSPS) is 21.0. The Morgan fingerprint density at radius 2 is 2.19 bits per heavy atom. The van der Waals surface area contributed by atoms with Gasteiger partial charge in [0.05, 0.1) is 12.6 Å². The van der Waals surface area contributed by atoms with Gasteiger partial charge >= 0.3 is 0 Å². The lowest BCUT2D eigenvalue weighted by atomic mass is 10.0. The average Bonchev–Trinajstić information content (AvgIpc) is 2.97. The number of hydrogen-bond acceptors (Lipinski definition) is 5. The van der Waals surface area contributed by atoms with Gasteiger partial charge < -0.3 is 20.2 Å². The van der Waals surface area contributed by atoms with Crippen LogP contribution in [0.25, 0.3) is 0 Å². The van der Waals surface area contributed by atoms with Crippen molar-refractivity contribution >= 4 is 0 Å². The SMILES string of the molecule is Cc1cc(CN(C)C)c2c(c1)CN(C)O2.OC1CCNC1. The predicted octanol–water partition coefficient (Wildman–Crippen LogP) is 1.14. The van der Waals surface area contributed by atoms with Crippen LogP contribution in [0.15, 0.2) is 12.1 Å². The molecule has 2 N–H and O–H groups in total. The lowest BCUT2D eigenvalue weighted by Crippen LogP contribution is -2.15. The second-order valence-corrected chi connectivity index (χ2v) is 6.17. The summed E-state index contributed by atoms with van der Waals surface area (Å²) in [5.74, 6) is 1.05. The molecule has 5 heteroatoms. The van der Waals surface area contributed by atoms with E-state index in [9.17, 15) is 0 Å². The van der Waals surface area contributed by atoms with Crippen LogP contribution in [0.5, 0.6) is 5.75 Å². The highest BCUT2D eigenvalue weighted by molar-refractivity contribution is 5.45. The number of aliphatic hydroxyl groups excluding tert-OH is 1. The van der Waals surface area contributed by atoms with Crippen LogP contribution in [0.1, 0.15) is 23.1 Å². The molecule has 0 spiro atoms. The first-order valence-electron chi connectivity index (χ1n) is 7.50. The first-order valence-corrected chi connectivity index (χ1v) is 7.50. The molecule has 5 nitrogen and oxygen atoms in total. The molecule has 0 saturated carbocycles. The first kappa shape index (κ1) is 16.2. The highest BCUT2D eigenvalue weighted by atomic mass is 16.7. The third-order valence-electron chi connectivity index (χ3n) is 3.55. The minimum atomic E-state index is -0.0648. The summed E-state index contributed by atoms with van der Waals surface area (Å²) in [5, 5.41) is 13.6. The van der Waals surface area contributed by atoms with E-state index < -0.39 is 0 Å². The summed E-state index contributed by atoms with van der Waals surface area (Å²) >= 11 is 0. The molecule has 2 aliphatic heterocycles. The molecule has 1 saturated heterocycles. The fourth-order valence-electron chi connectivity index (χ4n) is 2.69. The van der Waals surface area contributed by atoms with E-state index in [-0.39, 0.29) is 6.10 Å². The summed E-state index contributed by atoms with van der Waals surface area (Å²) in [7, 11) is 6.12. The van der Waals surface area contributed by atoms with Crippen LogP contribution in [0.3, 0.4) is 0 Å². The second-order valence-electron chi connectivity index (χ2n) is 6.17. The Bertz CT molecular complexity index is 471. The molecule has 2 heterocycles. The number of aliphatic hydroxyl groups is 1. The minimum absolute atomic E-state index is 0.0648. The van der Waals surface area contributed by atoms with Gasteiger partial charge in [-0.25, -0.2) is 0 Å². The van der Waals surface area contributed by atoms with E-state index in [0.29, 0.717) is 0 Å². The van der Waals surface area contributed by atoms with Gasteiger partial charge in [-0.3, -0.25) is 0 Å². The summed E-state index contributed by atoms with van der Waals surface area (Å²) in [6.45, 7) is 5.73. The first-order chi connectivity index (χ1) is 9.95. The largest absolute Gasteiger partial charge is 0.405 e. The maximum Gasteiger partial charge on any atom is 0.156 e. The van der Waals surface area contributed by atoms with Crippen molar-refractivity contribution in [3.8, 4) is 5.75 Å². The highest BCUT2D eigenvalue weighted by Crippen LogP contribution is 2.32. The monoisotopic (exact) mass is 293 g/mol. The molecule has 0 amide bonds. The Balaban J connectivity index is 0.000000225. The fraction of sp³-hybridized carbons (Fsp3) is 0.625. The van der Waals surface area contributed by atoms with E-state index in [4.69, 9.17) is 9.94 Å². The van der Waals surface area contributed by atoms with Gasteiger partial charge in [0.2, 0.25) is 0 Å². The Labute approximate surface area is 127 Å². The number of rotatable bonds is 2. The van der Waals surface area contributed by atoms with Gasteiger partial charge in [0.1, 0.15) is 0 Å².